The Kier molecular flexibility index (Phi) is 4.83. The van der Waals surface area contributed by atoms with Crippen molar-refractivity contribution < 1.29 is 14.0 Å². The van der Waals surface area contributed by atoms with Crippen molar-refractivity contribution in [3.63, 3.8) is 0 Å². The summed E-state index contributed by atoms with van der Waals surface area (Å²) in [6.07, 6.45) is 0.343. The highest BCUT2D eigenvalue weighted by atomic mass is 19.1. The van der Waals surface area contributed by atoms with Crippen LogP contribution in [0.25, 0.3) is 0 Å². The number of anilines is 2. The maximum atomic E-state index is 13.1. The Morgan fingerprint density at radius 2 is 1.89 bits per heavy atom. The molecule has 0 unspecified atom stereocenters. The highest BCUT2D eigenvalue weighted by molar-refractivity contribution is 5.98. The van der Waals surface area contributed by atoms with Crippen LogP contribution in [0, 0.1) is 11.7 Å². The van der Waals surface area contributed by atoms with E-state index in [4.69, 9.17) is 0 Å². The van der Waals surface area contributed by atoms with Gasteiger partial charge in [-0.3, -0.25) is 9.59 Å². The zero-order chi connectivity index (χ0) is 13.7. The first-order chi connectivity index (χ1) is 8.38. The van der Waals surface area contributed by atoms with Crippen LogP contribution in [0.15, 0.2) is 18.2 Å². The van der Waals surface area contributed by atoms with Gasteiger partial charge in [-0.25, -0.2) is 4.39 Å². The van der Waals surface area contributed by atoms with Crippen LogP contribution in [0.1, 0.15) is 27.2 Å². The van der Waals surface area contributed by atoms with Gasteiger partial charge in [-0.2, -0.15) is 0 Å². The Morgan fingerprint density at radius 1 is 1.22 bits per heavy atom. The van der Waals surface area contributed by atoms with Crippen LogP contribution in [0.3, 0.4) is 0 Å². The fraction of sp³-hybridized carbons (Fsp3) is 0.385. The third-order valence-corrected chi connectivity index (χ3v) is 2.16. The van der Waals surface area contributed by atoms with Crippen LogP contribution in [-0.4, -0.2) is 11.8 Å². The third kappa shape index (κ3) is 4.53. The van der Waals surface area contributed by atoms with Crippen LogP contribution in [-0.2, 0) is 9.59 Å². The summed E-state index contributed by atoms with van der Waals surface area (Å²) in [7, 11) is 0. The van der Waals surface area contributed by atoms with E-state index in [1.807, 2.05) is 13.8 Å². The lowest BCUT2D eigenvalue weighted by atomic mass is 10.1. The molecule has 0 aliphatic carbocycles. The highest BCUT2D eigenvalue weighted by Gasteiger charge is 2.10. The molecule has 1 rings (SSSR count). The predicted octanol–water partition coefficient (Wildman–Crippen LogP) is 2.77. The molecule has 0 aliphatic rings. The third-order valence-electron chi connectivity index (χ3n) is 2.16. The van der Waals surface area contributed by atoms with E-state index in [-0.39, 0.29) is 23.4 Å². The van der Waals surface area contributed by atoms with Gasteiger partial charge >= 0.3 is 0 Å². The van der Waals surface area contributed by atoms with E-state index in [0.717, 1.165) is 0 Å². The quantitative estimate of drug-likeness (QED) is 0.865. The molecule has 2 amide bonds. The summed E-state index contributed by atoms with van der Waals surface area (Å²) in [5.74, 6) is -0.741. The van der Waals surface area contributed by atoms with Crippen molar-refractivity contribution in [2.75, 3.05) is 10.6 Å². The summed E-state index contributed by atoms with van der Waals surface area (Å²) in [4.78, 5) is 22.6. The van der Waals surface area contributed by atoms with Gasteiger partial charge in [-0.15, -0.1) is 0 Å². The summed E-state index contributed by atoms with van der Waals surface area (Å²) in [5, 5.41) is 5.13. The van der Waals surface area contributed by atoms with E-state index in [1.54, 1.807) is 0 Å². The molecule has 0 heterocycles. The summed E-state index contributed by atoms with van der Waals surface area (Å²) in [6.45, 7) is 5.18. The molecular formula is C13H17FN2O2. The number of benzene rings is 1. The van der Waals surface area contributed by atoms with Crippen LogP contribution in [0.2, 0.25) is 0 Å². The molecule has 0 fully saturated rings. The lowest BCUT2D eigenvalue weighted by Crippen LogP contribution is -2.16. The number of nitrogens with one attached hydrogen (secondary N) is 2. The molecular weight excluding hydrogens is 235 g/mol. The highest BCUT2D eigenvalue weighted by Crippen LogP contribution is 2.23. The summed E-state index contributed by atoms with van der Waals surface area (Å²) >= 11 is 0. The van der Waals surface area contributed by atoms with Crippen LogP contribution >= 0.6 is 0 Å². The Hall–Kier alpha value is -1.91. The topological polar surface area (TPSA) is 58.2 Å². The molecule has 0 saturated heterocycles. The molecule has 0 radical (unpaired) electrons. The molecule has 18 heavy (non-hydrogen) atoms. The molecule has 1 aromatic rings. The molecule has 4 nitrogen and oxygen atoms in total. The maximum Gasteiger partial charge on any atom is 0.224 e. The van der Waals surface area contributed by atoms with Crippen molar-refractivity contribution in [3.8, 4) is 0 Å². The monoisotopic (exact) mass is 252 g/mol. The van der Waals surface area contributed by atoms with Crippen molar-refractivity contribution in [3.05, 3.63) is 24.0 Å². The van der Waals surface area contributed by atoms with Crippen molar-refractivity contribution in [2.45, 2.75) is 27.2 Å². The fourth-order valence-electron chi connectivity index (χ4n) is 1.49. The van der Waals surface area contributed by atoms with E-state index in [2.05, 4.69) is 10.6 Å². The molecule has 0 aromatic heterocycles. The van der Waals surface area contributed by atoms with Crippen LogP contribution < -0.4 is 10.6 Å². The van der Waals surface area contributed by atoms with E-state index in [9.17, 15) is 14.0 Å². The van der Waals surface area contributed by atoms with Crippen molar-refractivity contribution in [1.82, 2.24) is 0 Å². The predicted molar refractivity (Wildman–Crippen MR) is 68.8 cm³/mol. The van der Waals surface area contributed by atoms with Crippen molar-refractivity contribution in [1.29, 1.82) is 0 Å². The maximum absolute atomic E-state index is 13.1. The molecule has 0 aliphatic heterocycles. The molecule has 0 bridgehead atoms. The van der Waals surface area contributed by atoms with Gasteiger partial charge < -0.3 is 10.6 Å². The molecule has 0 spiro atoms. The average molecular weight is 252 g/mol. The second-order valence-electron chi connectivity index (χ2n) is 4.52. The van der Waals surface area contributed by atoms with Gasteiger partial charge in [0, 0.05) is 13.3 Å². The first kappa shape index (κ1) is 14.2. The fourth-order valence-corrected chi connectivity index (χ4v) is 1.49. The van der Waals surface area contributed by atoms with Gasteiger partial charge in [-0.1, -0.05) is 13.8 Å². The number of hydrogen-bond acceptors (Lipinski definition) is 2. The number of amides is 2. The second-order valence-corrected chi connectivity index (χ2v) is 4.52. The molecule has 0 saturated carbocycles. The van der Waals surface area contributed by atoms with E-state index < -0.39 is 5.82 Å². The molecule has 0 atom stereocenters. The second kappa shape index (κ2) is 6.14. The lowest BCUT2D eigenvalue weighted by Gasteiger charge is -2.12. The number of halogens is 1. The lowest BCUT2D eigenvalue weighted by molar-refractivity contribution is -0.117. The SMILES string of the molecule is CC(=O)Nc1ccc(F)cc1NC(=O)CC(C)C. The van der Waals surface area contributed by atoms with E-state index in [0.29, 0.717) is 12.1 Å². The summed E-state index contributed by atoms with van der Waals surface area (Å²) in [6, 6.07) is 3.83. The van der Waals surface area contributed by atoms with Gasteiger partial charge in [0.2, 0.25) is 11.8 Å². The van der Waals surface area contributed by atoms with Gasteiger partial charge in [0.25, 0.3) is 0 Å². The molecule has 1 aromatic carbocycles. The van der Waals surface area contributed by atoms with Crippen molar-refractivity contribution >= 4 is 23.2 Å². The number of hydrogen-bond donors (Lipinski definition) is 2. The van der Waals surface area contributed by atoms with E-state index >= 15 is 0 Å². The van der Waals surface area contributed by atoms with Gasteiger partial charge in [0.05, 0.1) is 11.4 Å². The zero-order valence-corrected chi connectivity index (χ0v) is 10.7. The Labute approximate surface area is 106 Å². The minimum Gasteiger partial charge on any atom is -0.325 e. The number of carbonyl (C=O) groups excluding carboxylic acids is 2. The van der Waals surface area contributed by atoms with Gasteiger partial charge in [-0.05, 0) is 24.1 Å². The smallest absolute Gasteiger partial charge is 0.224 e. The molecule has 5 heteroatoms. The zero-order valence-electron chi connectivity index (χ0n) is 10.7. The van der Waals surface area contributed by atoms with Gasteiger partial charge in [0.1, 0.15) is 5.82 Å². The first-order valence-corrected chi connectivity index (χ1v) is 5.75. The number of carbonyl (C=O) groups is 2. The van der Waals surface area contributed by atoms with Crippen molar-refractivity contribution in [2.24, 2.45) is 5.92 Å². The minimum atomic E-state index is -0.469. The summed E-state index contributed by atoms with van der Waals surface area (Å²) < 4.78 is 13.1. The van der Waals surface area contributed by atoms with Crippen LogP contribution in [0.5, 0.6) is 0 Å². The van der Waals surface area contributed by atoms with Gasteiger partial charge in [0.15, 0.2) is 0 Å². The Balaban J connectivity index is 2.88. The normalized spacial score (nSPS) is 10.3. The first-order valence-electron chi connectivity index (χ1n) is 5.75. The summed E-state index contributed by atoms with van der Waals surface area (Å²) in [5.41, 5.74) is 0.664. The number of rotatable bonds is 4. The largest absolute Gasteiger partial charge is 0.325 e. The Bertz CT molecular complexity index is 458. The Morgan fingerprint density at radius 3 is 2.44 bits per heavy atom. The van der Waals surface area contributed by atoms with E-state index in [1.165, 1.54) is 25.1 Å². The van der Waals surface area contributed by atoms with Crippen LogP contribution in [0.4, 0.5) is 15.8 Å². The molecule has 2 N–H and O–H groups in total. The minimum absolute atomic E-state index is 0.206. The average Bonchev–Trinajstić information content (AvgIpc) is 2.20. The standard InChI is InChI=1S/C13H17FN2O2/c1-8(2)6-13(18)16-12-7-10(14)4-5-11(12)15-9(3)17/h4-5,7-8H,6H2,1-3H3,(H,15,17)(H,16,18). The molecule has 98 valence electrons.